The van der Waals surface area contributed by atoms with Gasteiger partial charge in [0.05, 0.1) is 12.2 Å². The van der Waals surface area contributed by atoms with Gasteiger partial charge in [-0.3, -0.25) is 9.59 Å². The third-order valence-electron chi connectivity index (χ3n) is 8.71. The minimum atomic E-state index is -1.41. The molecule has 0 aromatic heterocycles. The summed E-state index contributed by atoms with van der Waals surface area (Å²) in [5.41, 5.74) is -2.79. The highest BCUT2D eigenvalue weighted by molar-refractivity contribution is 6.05. The number of ether oxygens (including phenoxy) is 4. The average Bonchev–Trinajstić information content (AvgIpc) is 3.24. The number of ketones is 1. The summed E-state index contributed by atoms with van der Waals surface area (Å²) in [5, 5.41) is 0. The number of hydrogen-bond donors (Lipinski definition) is 0. The molecular formula is C24H36O6. The first kappa shape index (κ1) is 22.0. The van der Waals surface area contributed by atoms with Gasteiger partial charge in [-0.15, -0.1) is 0 Å². The number of fused-ring (bicyclic) bond motifs is 2. The maximum atomic E-state index is 13.8. The zero-order chi connectivity index (χ0) is 22.2. The first-order valence-corrected chi connectivity index (χ1v) is 11.1. The molecule has 30 heavy (non-hydrogen) atoms. The van der Waals surface area contributed by atoms with Crippen molar-refractivity contribution in [2.24, 2.45) is 16.7 Å². The summed E-state index contributed by atoms with van der Waals surface area (Å²) in [6.07, 6.45) is 4.63. The molecule has 0 aromatic carbocycles. The van der Waals surface area contributed by atoms with E-state index < -0.39 is 28.2 Å². The van der Waals surface area contributed by atoms with Gasteiger partial charge in [-0.1, -0.05) is 33.8 Å². The largest absolute Gasteiger partial charge is 0.448 e. The van der Waals surface area contributed by atoms with Crippen molar-refractivity contribution in [3.05, 3.63) is 12.2 Å². The second-order valence-electron chi connectivity index (χ2n) is 11.0. The van der Waals surface area contributed by atoms with Gasteiger partial charge in [0.1, 0.15) is 5.60 Å². The highest BCUT2D eigenvalue weighted by Gasteiger charge is 2.77. The Labute approximate surface area is 179 Å². The van der Waals surface area contributed by atoms with Gasteiger partial charge < -0.3 is 18.9 Å². The van der Waals surface area contributed by atoms with Crippen LogP contribution in [0.4, 0.5) is 0 Å². The number of carbonyl (C=O) groups is 2. The molecule has 0 amide bonds. The first-order chi connectivity index (χ1) is 13.9. The molecule has 2 aliphatic carbocycles. The molecule has 168 valence electrons. The Morgan fingerprint density at radius 3 is 2.43 bits per heavy atom. The summed E-state index contributed by atoms with van der Waals surface area (Å²) < 4.78 is 24.2. The highest BCUT2D eigenvalue weighted by Crippen LogP contribution is 2.70. The molecular weight excluding hydrogens is 384 g/mol. The molecule has 2 spiro atoms. The third kappa shape index (κ3) is 2.66. The fraction of sp³-hybridized carbons (Fsp3) is 0.833. The van der Waals surface area contributed by atoms with Crippen LogP contribution in [0.5, 0.6) is 0 Å². The summed E-state index contributed by atoms with van der Waals surface area (Å²) in [6.45, 7) is 14.4. The molecule has 4 aliphatic rings. The fourth-order valence-electron chi connectivity index (χ4n) is 7.61. The Morgan fingerprint density at radius 1 is 1.13 bits per heavy atom. The lowest BCUT2D eigenvalue weighted by atomic mass is 9.42. The van der Waals surface area contributed by atoms with Crippen molar-refractivity contribution in [1.29, 1.82) is 0 Å². The van der Waals surface area contributed by atoms with Crippen LogP contribution in [-0.2, 0) is 28.5 Å². The predicted molar refractivity (Wildman–Crippen MR) is 111 cm³/mol. The summed E-state index contributed by atoms with van der Waals surface area (Å²) in [6, 6.07) is 0. The molecule has 2 saturated heterocycles. The van der Waals surface area contributed by atoms with Gasteiger partial charge in [-0.25, -0.2) is 0 Å². The maximum absolute atomic E-state index is 13.8. The highest BCUT2D eigenvalue weighted by atomic mass is 16.7. The summed E-state index contributed by atoms with van der Waals surface area (Å²) in [5.74, 6) is -0.711. The molecule has 0 bridgehead atoms. The van der Waals surface area contributed by atoms with E-state index in [0.717, 1.165) is 25.7 Å². The number of hydrogen-bond acceptors (Lipinski definition) is 6. The smallest absolute Gasteiger partial charge is 0.303 e. The van der Waals surface area contributed by atoms with E-state index in [1.807, 2.05) is 0 Å². The quantitative estimate of drug-likeness (QED) is 0.497. The van der Waals surface area contributed by atoms with Crippen LogP contribution in [0.15, 0.2) is 12.2 Å². The number of carbonyl (C=O) groups excluding carboxylic acids is 2. The minimum Gasteiger partial charge on any atom is -0.448 e. The van der Waals surface area contributed by atoms with E-state index in [1.54, 1.807) is 14.0 Å². The molecule has 0 radical (unpaired) electrons. The fourth-order valence-corrected chi connectivity index (χ4v) is 7.61. The molecule has 4 rings (SSSR count). The maximum Gasteiger partial charge on any atom is 0.303 e. The zero-order valence-electron chi connectivity index (χ0n) is 19.3. The molecule has 4 fully saturated rings. The van der Waals surface area contributed by atoms with Crippen molar-refractivity contribution in [2.45, 2.75) is 96.2 Å². The second-order valence-corrected chi connectivity index (χ2v) is 11.0. The Balaban J connectivity index is 1.88. The summed E-state index contributed by atoms with van der Waals surface area (Å²) in [7, 11) is 1.63. The molecule has 2 aliphatic heterocycles. The van der Waals surface area contributed by atoms with Crippen LogP contribution < -0.4 is 0 Å². The van der Waals surface area contributed by atoms with E-state index >= 15 is 0 Å². The lowest BCUT2D eigenvalue weighted by molar-refractivity contribution is -0.277. The first-order valence-electron chi connectivity index (χ1n) is 11.1. The number of Topliss-reactive ketones (excluding diaryl/α,β-unsaturated/α-hetero) is 1. The van der Waals surface area contributed by atoms with Crippen molar-refractivity contribution in [3.8, 4) is 0 Å². The molecule has 2 heterocycles. The van der Waals surface area contributed by atoms with Gasteiger partial charge in [0.15, 0.2) is 6.29 Å². The van der Waals surface area contributed by atoms with E-state index in [2.05, 4.69) is 27.4 Å². The van der Waals surface area contributed by atoms with Gasteiger partial charge in [-0.05, 0) is 43.6 Å². The van der Waals surface area contributed by atoms with E-state index in [4.69, 9.17) is 18.9 Å². The van der Waals surface area contributed by atoms with Crippen LogP contribution in [0.1, 0.15) is 73.1 Å². The van der Waals surface area contributed by atoms with Crippen molar-refractivity contribution >= 4 is 11.8 Å². The third-order valence-corrected chi connectivity index (χ3v) is 8.71. The number of rotatable bonds is 2. The standard InChI is InChI=1S/C24H36O6/c1-15-18-20(3,4)9-8-10-21(18,5)24(22(6,19(15)26)29-16(2)25)12-11-23(30-24)13-17(27-7)28-14-23/h17-18H,1,8-14H2,2-7H3. The SMILES string of the molecule is C=C1C(=O)C(C)(OC(C)=O)C2(CCC3(COC(OC)C3)O2)C2(C)CCCC(C)(C)C12. The summed E-state index contributed by atoms with van der Waals surface area (Å²) >= 11 is 0. The van der Waals surface area contributed by atoms with E-state index in [-0.39, 0.29) is 23.4 Å². The van der Waals surface area contributed by atoms with Gasteiger partial charge in [0.25, 0.3) is 0 Å². The van der Waals surface area contributed by atoms with Crippen LogP contribution in [-0.4, -0.2) is 48.6 Å². The Bertz CT molecular complexity index is 789. The molecule has 6 unspecified atom stereocenters. The number of methoxy groups -OCH3 is 1. The van der Waals surface area contributed by atoms with Crippen LogP contribution in [0.3, 0.4) is 0 Å². The molecule has 6 nitrogen and oxygen atoms in total. The van der Waals surface area contributed by atoms with E-state index in [9.17, 15) is 9.59 Å². The molecule has 2 saturated carbocycles. The van der Waals surface area contributed by atoms with Crippen LogP contribution in [0.25, 0.3) is 0 Å². The van der Waals surface area contributed by atoms with Crippen molar-refractivity contribution in [2.75, 3.05) is 13.7 Å². The second kappa shape index (κ2) is 6.63. The lowest BCUT2D eigenvalue weighted by Gasteiger charge is -2.66. The Hall–Kier alpha value is -1.24. The minimum absolute atomic E-state index is 0.0365. The monoisotopic (exact) mass is 420 g/mol. The zero-order valence-corrected chi connectivity index (χ0v) is 19.3. The van der Waals surface area contributed by atoms with Crippen molar-refractivity contribution in [1.82, 2.24) is 0 Å². The van der Waals surface area contributed by atoms with Gasteiger partial charge in [0, 0.05) is 31.8 Å². The van der Waals surface area contributed by atoms with Crippen molar-refractivity contribution < 1.29 is 28.5 Å². The topological polar surface area (TPSA) is 71.1 Å². The van der Waals surface area contributed by atoms with Crippen molar-refractivity contribution in [3.63, 3.8) is 0 Å². The number of esters is 1. The summed E-state index contributed by atoms with van der Waals surface area (Å²) in [4.78, 5) is 26.0. The average molecular weight is 421 g/mol. The molecule has 6 atom stereocenters. The lowest BCUT2D eigenvalue weighted by Crippen LogP contribution is -2.75. The molecule has 0 aromatic rings. The normalized spacial score (nSPS) is 47.7. The van der Waals surface area contributed by atoms with Crippen LogP contribution in [0.2, 0.25) is 0 Å². The molecule has 0 N–H and O–H groups in total. The van der Waals surface area contributed by atoms with Gasteiger partial charge in [0.2, 0.25) is 11.4 Å². The van der Waals surface area contributed by atoms with Gasteiger partial charge in [-0.2, -0.15) is 0 Å². The van der Waals surface area contributed by atoms with Crippen LogP contribution >= 0.6 is 0 Å². The van der Waals surface area contributed by atoms with Gasteiger partial charge >= 0.3 is 5.97 Å². The Morgan fingerprint density at radius 2 is 1.83 bits per heavy atom. The predicted octanol–water partition coefficient (Wildman–Crippen LogP) is 3.96. The van der Waals surface area contributed by atoms with E-state index in [1.165, 1.54) is 6.92 Å². The van der Waals surface area contributed by atoms with Crippen LogP contribution in [0, 0.1) is 16.7 Å². The van der Waals surface area contributed by atoms with E-state index in [0.29, 0.717) is 25.0 Å². The molecule has 6 heteroatoms. The Kier molecular flexibility index (Phi) is 4.86.